The standard InChI is InChI=1S/C19H16N2O5S/c22-19(14-3-5-25-12-14)20-8-15-10-21(11-16(15)9-20)27(23,24)17-1-2-18-13(7-17)4-6-26-18/h1-7,12H,8-11H2. The van der Waals surface area contributed by atoms with Gasteiger partial charge in [-0.05, 0) is 41.5 Å². The van der Waals surface area contributed by atoms with Gasteiger partial charge in [-0.3, -0.25) is 4.79 Å². The number of furan rings is 2. The van der Waals surface area contributed by atoms with Gasteiger partial charge in [0.2, 0.25) is 10.0 Å². The Morgan fingerprint density at radius 3 is 2.44 bits per heavy atom. The second-order valence-corrected chi connectivity index (χ2v) is 8.71. The Bertz CT molecular complexity index is 1160. The van der Waals surface area contributed by atoms with Crippen LogP contribution in [0.3, 0.4) is 0 Å². The van der Waals surface area contributed by atoms with Crippen molar-refractivity contribution in [2.24, 2.45) is 0 Å². The Morgan fingerprint density at radius 2 is 1.74 bits per heavy atom. The SMILES string of the molecule is O=C(c1ccoc1)N1CC2=C(C1)CN(S(=O)(=O)c1ccc3occc3c1)C2. The molecule has 1 aromatic carbocycles. The van der Waals surface area contributed by atoms with Crippen LogP contribution in [0.4, 0.5) is 0 Å². The van der Waals surface area contributed by atoms with Gasteiger partial charge in [0, 0.05) is 31.6 Å². The summed E-state index contributed by atoms with van der Waals surface area (Å²) in [7, 11) is -3.60. The Labute approximate surface area is 155 Å². The Hall–Kier alpha value is -2.84. The van der Waals surface area contributed by atoms with E-state index < -0.39 is 10.0 Å². The van der Waals surface area contributed by atoms with Gasteiger partial charge in [-0.15, -0.1) is 0 Å². The molecule has 0 aliphatic carbocycles. The van der Waals surface area contributed by atoms with Crippen molar-refractivity contribution in [2.45, 2.75) is 4.90 Å². The minimum absolute atomic E-state index is 0.0991. The first kappa shape index (κ1) is 16.3. The monoisotopic (exact) mass is 384 g/mol. The van der Waals surface area contributed by atoms with Crippen LogP contribution in [-0.2, 0) is 10.0 Å². The van der Waals surface area contributed by atoms with Crippen LogP contribution in [0.1, 0.15) is 10.4 Å². The van der Waals surface area contributed by atoms with Crippen molar-refractivity contribution in [1.82, 2.24) is 9.21 Å². The van der Waals surface area contributed by atoms with Gasteiger partial charge in [0.25, 0.3) is 5.91 Å². The van der Waals surface area contributed by atoms with Gasteiger partial charge in [-0.25, -0.2) is 8.42 Å². The lowest BCUT2D eigenvalue weighted by Gasteiger charge is -2.22. The number of carbonyl (C=O) groups excluding carboxylic acids is 1. The average Bonchev–Trinajstić information content (AvgIpc) is 3.43. The topological polar surface area (TPSA) is 84.0 Å². The molecule has 0 atom stereocenters. The molecule has 0 spiro atoms. The molecule has 0 bridgehead atoms. The van der Waals surface area contributed by atoms with Crippen molar-refractivity contribution in [1.29, 1.82) is 0 Å². The first-order chi connectivity index (χ1) is 13.0. The predicted molar refractivity (Wildman–Crippen MR) is 96.6 cm³/mol. The summed E-state index contributed by atoms with van der Waals surface area (Å²) in [6, 6.07) is 8.25. The molecule has 0 unspecified atom stereocenters. The zero-order chi connectivity index (χ0) is 18.6. The fourth-order valence-electron chi connectivity index (χ4n) is 3.68. The van der Waals surface area contributed by atoms with Crippen LogP contribution in [0, 0.1) is 0 Å². The van der Waals surface area contributed by atoms with Crippen molar-refractivity contribution in [3.8, 4) is 0 Å². The highest BCUT2D eigenvalue weighted by molar-refractivity contribution is 7.89. The molecular formula is C19H16N2O5S. The van der Waals surface area contributed by atoms with Gasteiger partial charge in [-0.2, -0.15) is 4.31 Å². The lowest BCUT2D eigenvalue weighted by atomic mass is 10.2. The predicted octanol–water partition coefficient (Wildman–Crippen LogP) is 2.48. The van der Waals surface area contributed by atoms with E-state index >= 15 is 0 Å². The third-order valence-corrected chi connectivity index (χ3v) is 6.90. The molecule has 0 radical (unpaired) electrons. The molecule has 27 heavy (non-hydrogen) atoms. The molecule has 2 aliphatic rings. The van der Waals surface area contributed by atoms with Crippen LogP contribution in [0.5, 0.6) is 0 Å². The van der Waals surface area contributed by atoms with Crippen LogP contribution in [0.15, 0.2) is 74.0 Å². The summed E-state index contributed by atoms with van der Waals surface area (Å²) < 4.78 is 37.7. The Balaban J connectivity index is 1.33. The Kier molecular flexibility index (Phi) is 3.53. The zero-order valence-corrected chi connectivity index (χ0v) is 15.1. The maximum Gasteiger partial charge on any atom is 0.257 e. The van der Waals surface area contributed by atoms with Crippen LogP contribution < -0.4 is 0 Å². The maximum absolute atomic E-state index is 13.0. The number of rotatable bonds is 3. The lowest BCUT2D eigenvalue weighted by molar-refractivity contribution is 0.0792. The van der Waals surface area contributed by atoms with E-state index in [0.29, 0.717) is 37.3 Å². The van der Waals surface area contributed by atoms with E-state index in [1.54, 1.807) is 41.5 Å². The van der Waals surface area contributed by atoms with Gasteiger partial charge >= 0.3 is 0 Å². The molecule has 0 N–H and O–H groups in total. The quantitative estimate of drug-likeness (QED) is 0.648. The van der Waals surface area contributed by atoms with Gasteiger partial charge in [-0.1, -0.05) is 0 Å². The minimum atomic E-state index is -3.60. The van der Waals surface area contributed by atoms with Gasteiger partial charge in [0.15, 0.2) is 0 Å². The van der Waals surface area contributed by atoms with Crippen LogP contribution in [-0.4, -0.2) is 49.7 Å². The van der Waals surface area contributed by atoms with Gasteiger partial charge < -0.3 is 13.7 Å². The first-order valence-electron chi connectivity index (χ1n) is 8.51. The smallest absolute Gasteiger partial charge is 0.257 e. The summed E-state index contributed by atoms with van der Waals surface area (Å²) in [6.07, 6.45) is 4.43. The number of amides is 1. The number of hydrogen-bond acceptors (Lipinski definition) is 5. The van der Waals surface area contributed by atoms with E-state index in [-0.39, 0.29) is 10.8 Å². The molecular weight excluding hydrogens is 368 g/mol. The van der Waals surface area contributed by atoms with E-state index in [1.165, 1.54) is 16.8 Å². The van der Waals surface area contributed by atoms with Crippen molar-refractivity contribution >= 4 is 26.9 Å². The first-order valence-corrected chi connectivity index (χ1v) is 9.95. The third kappa shape index (κ3) is 2.60. The van der Waals surface area contributed by atoms with Crippen molar-refractivity contribution in [2.75, 3.05) is 26.2 Å². The molecule has 8 heteroatoms. The summed E-state index contributed by atoms with van der Waals surface area (Å²) in [4.78, 5) is 14.4. The van der Waals surface area contributed by atoms with E-state index in [4.69, 9.17) is 8.83 Å². The molecule has 7 nitrogen and oxygen atoms in total. The molecule has 0 fully saturated rings. The molecule has 2 aliphatic heterocycles. The summed E-state index contributed by atoms with van der Waals surface area (Å²) >= 11 is 0. The summed E-state index contributed by atoms with van der Waals surface area (Å²) in [5.41, 5.74) is 3.16. The normalized spacial score (nSPS) is 17.9. The number of nitrogens with zero attached hydrogens (tertiary/aromatic N) is 2. The molecule has 4 heterocycles. The zero-order valence-electron chi connectivity index (χ0n) is 14.3. The van der Waals surface area contributed by atoms with Crippen molar-refractivity contribution in [3.63, 3.8) is 0 Å². The van der Waals surface area contributed by atoms with Gasteiger partial charge in [0.05, 0.1) is 23.0 Å². The van der Waals surface area contributed by atoms with Crippen LogP contribution >= 0.6 is 0 Å². The highest BCUT2D eigenvalue weighted by Crippen LogP contribution is 2.31. The fraction of sp³-hybridized carbons (Fsp3) is 0.211. The summed E-state index contributed by atoms with van der Waals surface area (Å²) in [5.74, 6) is -0.0991. The van der Waals surface area contributed by atoms with Crippen molar-refractivity contribution < 1.29 is 22.0 Å². The molecule has 5 rings (SSSR count). The van der Waals surface area contributed by atoms with E-state index in [1.807, 2.05) is 0 Å². The largest absolute Gasteiger partial charge is 0.472 e. The summed E-state index contributed by atoms with van der Waals surface area (Å²) in [5, 5.41) is 0.757. The second-order valence-electron chi connectivity index (χ2n) is 6.77. The number of fused-ring (bicyclic) bond motifs is 1. The Morgan fingerprint density at radius 1 is 0.963 bits per heavy atom. The van der Waals surface area contributed by atoms with E-state index in [9.17, 15) is 13.2 Å². The second kappa shape index (κ2) is 5.83. The molecule has 3 aromatic rings. The number of carbonyl (C=O) groups is 1. The molecule has 1 amide bonds. The lowest BCUT2D eigenvalue weighted by Crippen LogP contribution is -2.36. The molecule has 2 aromatic heterocycles. The molecule has 138 valence electrons. The highest BCUT2D eigenvalue weighted by Gasteiger charge is 2.38. The summed E-state index contributed by atoms with van der Waals surface area (Å²) in [6.45, 7) is 1.53. The van der Waals surface area contributed by atoms with Gasteiger partial charge in [0.1, 0.15) is 11.8 Å². The highest BCUT2D eigenvalue weighted by atomic mass is 32.2. The fourth-order valence-corrected chi connectivity index (χ4v) is 5.15. The third-order valence-electron chi connectivity index (χ3n) is 5.11. The van der Waals surface area contributed by atoms with Crippen LogP contribution in [0.25, 0.3) is 11.0 Å². The van der Waals surface area contributed by atoms with Crippen LogP contribution in [0.2, 0.25) is 0 Å². The average molecular weight is 384 g/mol. The number of hydrogen-bond donors (Lipinski definition) is 0. The minimum Gasteiger partial charge on any atom is -0.472 e. The number of sulfonamides is 1. The molecule has 0 saturated carbocycles. The van der Waals surface area contributed by atoms with E-state index in [2.05, 4.69) is 0 Å². The maximum atomic E-state index is 13.0. The molecule has 0 saturated heterocycles. The van der Waals surface area contributed by atoms with E-state index in [0.717, 1.165) is 16.5 Å². The number of benzene rings is 1. The van der Waals surface area contributed by atoms with Crippen molar-refractivity contribution in [3.05, 3.63) is 65.8 Å².